The Morgan fingerprint density at radius 2 is 1.94 bits per heavy atom. The SMILES string of the molecule is CN(C)S(=O)(=O)c1ccc(Nc2nn([C@@H]3CCC4(CC4)C[C@H]3C#N)c3cc[nH]c(=O)c23)cc1. The normalized spacial score (nSPS) is 21.9. The Kier molecular flexibility index (Phi) is 5.06. The molecule has 10 heteroatoms. The van der Waals surface area contributed by atoms with Crippen molar-refractivity contribution in [1.82, 2.24) is 19.1 Å². The van der Waals surface area contributed by atoms with E-state index >= 15 is 0 Å². The lowest BCUT2D eigenvalue weighted by Gasteiger charge is -2.33. The first-order chi connectivity index (χ1) is 15.7. The van der Waals surface area contributed by atoms with E-state index in [0.717, 1.165) is 23.6 Å². The van der Waals surface area contributed by atoms with E-state index in [9.17, 15) is 18.5 Å². The standard InChI is InChI=1S/C23H26N6O3S/c1-28(2)33(31,32)17-5-3-16(4-6-17)26-21-20-19(8-12-25-22(20)30)29(27-21)18-7-9-23(10-11-23)13-15(18)14-24/h3-6,8,12,15,18H,7,9-11,13H2,1-2H3,(H,25,30)(H,26,27)/t15-,18+/m0/s1. The molecular formula is C23H26N6O3S. The third-order valence-corrected chi connectivity index (χ3v) is 8.88. The molecule has 172 valence electrons. The van der Waals surface area contributed by atoms with Crippen LogP contribution in [0.2, 0.25) is 0 Å². The fourth-order valence-corrected chi connectivity index (χ4v) is 5.81. The van der Waals surface area contributed by atoms with Gasteiger partial charge in [-0.3, -0.25) is 9.48 Å². The molecule has 0 aliphatic heterocycles. The van der Waals surface area contributed by atoms with Crippen LogP contribution < -0.4 is 10.9 Å². The summed E-state index contributed by atoms with van der Waals surface area (Å²) in [6.07, 6.45) is 6.81. The summed E-state index contributed by atoms with van der Waals surface area (Å²) in [6, 6.07) is 10.5. The highest BCUT2D eigenvalue weighted by Crippen LogP contribution is 2.59. The number of pyridine rings is 1. The molecule has 2 heterocycles. The topological polar surface area (TPSA) is 124 Å². The van der Waals surface area contributed by atoms with Gasteiger partial charge in [-0.2, -0.15) is 10.4 Å². The van der Waals surface area contributed by atoms with E-state index in [4.69, 9.17) is 5.10 Å². The lowest BCUT2D eigenvalue weighted by Crippen LogP contribution is -2.28. The molecule has 0 saturated heterocycles. The Balaban J connectivity index is 1.51. The van der Waals surface area contributed by atoms with Gasteiger partial charge in [-0.15, -0.1) is 0 Å². The molecule has 0 radical (unpaired) electrons. The van der Waals surface area contributed by atoms with Crippen LogP contribution in [0.15, 0.2) is 46.2 Å². The van der Waals surface area contributed by atoms with Crippen molar-refractivity contribution in [1.29, 1.82) is 5.26 Å². The van der Waals surface area contributed by atoms with Gasteiger partial charge in [0.05, 0.1) is 28.4 Å². The van der Waals surface area contributed by atoms with Gasteiger partial charge < -0.3 is 10.3 Å². The largest absolute Gasteiger partial charge is 0.338 e. The summed E-state index contributed by atoms with van der Waals surface area (Å²) < 4.78 is 27.6. The van der Waals surface area contributed by atoms with Crippen LogP contribution in [-0.4, -0.2) is 41.6 Å². The average molecular weight is 467 g/mol. The number of H-pyrrole nitrogens is 1. The van der Waals surface area contributed by atoms with Gasteiger partial charge in [-0.05, 0) is 67.9 Å². The number of sulfonamides is 1. The van der Waals surface area contributed by atoms with Gasteiger partial charge in [0.1, 0.15) is 5.39 Å². The fraction of sp³-hybridized carbons (Fsp3) is 0.435. The second kappa shape index (κ2) is 7.71. The van der Waals surface area contributed by atoms with E-state index in [1.54, 1.807) is 18.3 Å². The predicted octanol–water partition coefficient (Wildman–Crippen LogP) is 3.36. The van der Waals surface area contributed by atoms with Gasteiger partial charge >= 0.3 is 0 Å². The first kappa shape index (κ1) is 21.7. The zero-order valence-electron chi connectivity index (χ0n) is 18.6. The molecule has 2 N–H and O–H groups in total. The van der Waals surface area contributed by atoms with E-state index in [1.165, 1.54) is 39.1 Å². The monoisotopic (exact) mass is 466 g/mol. The van der Waals surface area contributed by atoms with Crippen molar-refractivity contribution in [2.24, 2.45) is 11.3 Å². The molecule has 0 amide bonds. The van der Waals surface area contributed by atoms with Crippen LogP contribution in [-0.2, 0) is 10.0 Å². The molecule has 9 nitrogen and oxygen atoms in total. The maximum Gasteiger partial charge on any atom is 0.261 e. The number of hydrogen-bond acceptors (Lipinski definition) is 6. The van der Waals surface area contributed by atoms with Crippen molar-refractivity contribution in [2.45, 2.75) is 43.0 Å². The van der Waals surface area contributed by atoms with Crippen LogP contribution in [0.3, 0.4) is 0 Å². The Hall–Kier alpha value is -3.16. The number of aromatic nitrogens is 3. The molecule has 1 aromatic carbocycles. The fourth-order valence-electron chi connectivity index (χ4n) is 4.91. The van der Waals surface area contributed by atoms with Gasteiger partial charge in [-0.25, -0.2) is 12.7 Å². The Morgan fingerprint density at radius 3 is 2.58 bits per heavy atom. The number of nitrogens with zero attached hydrogens (tertiary/aromatic N) is 4. The lowest BCUT2D eigenvalue weighted by molar-refractivity contribution is 0.200. The number of nitrogens with one attached hydrogen (secondary N) is 2. The van der Waals surface area contributed by atoms with Gasteiger partial charge in [0.25, 0.3) is 5.56 Å². The van der Waals surface area contributed by atoms with E-state index in [0.29, 0.717) is 27.8 Å². The summed E-state index contributed by atoms with van der Waals surface area (Å²) in [5, 5.41) is 18.2. The highest BCUT2D eigenvalue weighted by atomic mass is 32.2. The first-order valence-corrected chi connectivity index (χ1v) is 12.5. The summed E-state index contributed by atoms with van der Waals surface area (Å²) in [7, 11) is -0.565. The van der Waals surface area contributed by atoms with Gasteiger partial charge in [0, 0.05) is 26.0 Å². The molecule has 2 aliphatic carbocycles. The third kappa shape index (κ3) is 3.71. The number of hydrogen-bond donors (Lipinski definition) is 2. The molecule has 2 aliphatic rings. The summed E-state index contributed by atoms with van der Waals surface area (Å²) in [4.78, 5) is 15.6. The van der Waals surface area contributed by atoms with E-state index in [2.05, 4.69) is 16.4 Å². The maximum absolute atomic E-state index is 12.7. The minimum absolute atomic E-state index is 0.0892. The summed E-state index contributed by atoms with van der Waals surface area (Å²) in [5.41, 5.74) is 1.37. The average Bonchev–Trinajstić information content (AvgIpc) is 3.45. The zero-order chi connectivity index (χ0) is 23.4. The van der Waals surface area contributed by atoms with Crippen LogP contribution in [0.25, 0.3) is 10.9 Å². The number of fused-ring (bicyclic) bond motifs is 1. The number of nitriles is 1. The van der Waals surface area contributed by atoms with E-state index in [-0.39, 0.29) is 22.4 Å². The molecule has 2 saturated carbocycles. The van der Waals surface area contributed by atoms with Crippen molar-refractivity contribution in [3.05, 3.63) is 46.9 Å². The molecular weight excluding hydrogens is 440 g/mol. The van der Waals surface area contributed by atoms with E-state index < -0.39 is 10.0 Å². The minimum Gasteiger partial charge on any atom is -0.338 e. The molecule has 1 spiro atoms. The van der Waals surface area contributed by atoms with Crippen molar-refractivity contribution < 1.29 is 8.42 Å². The van der Waals surface area contributed by atoms with Crippen LogP contribution in [0.5, 0.6) is 0 Å². The highest BCUT2D eigenvalue weighted by molar-refractivity contribution is 7.89. The molecule has 0 bridgehead atoms. The lowest BCUT2D eigenvalue weighted by atomic mass is 9.76. The molecule has 2 aromatic heterocycles. The van der Waals surface area contributed by atoms with Gasteiger partial charge in [0.2, 0.25) is 10.0 Å². The quantitative estimate of drug-likeness (QED) is 0.594. The molecule has 33 heavy (non-hydrogen) atoms. The highest BCUT2D eigenvalue weighted by Gasteiger charge is 2.49. The Morgan fingerprint density at radius 1 is 1.21 bits per heavy atom. The zero-order valence-corrected chi connectivity index (χ0v) is 19.4. The maximum atomic E-state index is 12.7. The molecule has 2 fully saturated rings. The molecule has 2 atom stereocenters. The van der Waals surface area contributed by atoms with Crippen molar-refractivity contribution in [3.8, 4) is 6.07 Å². The smallest absolute Gasteiger partial charge is 0.261 e. The minimum atomic E-state index is -3.53. The number of anilines is 2. The molecule has 0 unspecified atom stereocenters. The van der Waals surface area contributed by atoms with Crippen LogP contribution >= 0.6 is 0 Å². The second-order valence-electron chi connectivity index (χ2n) is 9.34. The van der Waals surface area contributed by atoms with Gasteiger partial charge in [-0.1, -0.05) is 0 Å². The Labute approximate surface area is 192 Å². The van der Waals surface area contributed by atoms with Crippen molar-refractivity contribution >= 4 is 32.4 Å². The summed E-state index contributed by atoms with van der Waals surface area (Å²) >= 11 is 0. The number of rotatable bonds is 5. The summed E-state index contributed by atoms with van der Waals surface area (Å²) in [5.74, 6) is 0.241. The molecule has 3 aromatic rings. The van der Waals surface area contributed by atoms with Crippen LogP contribution in [0.4, 0.5) is 11.5 Å². The number of benzene rings is 1. The number of aromatic amines is 1. The second-order valence-corrected chi connectivity index (χ2v) is 11.5. The third-order valence-electron chi connectivity index (χ3n) is 7.05. The predicted molar refractivity (Wildman–Crippen MR) is 125 cm³/mol. The summed E-state index contributed by atoms with van der Waals surface area (Å²) in [6.45, 7) is 0. The van der Waals surface area contributed by atoms with Gasteiger partial charge in [0.15, 0.2) is 5.82 Å². The van der Waals surface area contributed by atoms with Crippen molar-refractivity contribution in [2.75, 3.05) is 19.4 Å². The Bertz CT molecular complexity index is 1410. The van der Waals surface area contributed by atoms with E-state index in [1.807, 2.05) is 10.7 Å². The first-order valence-electron chi connectivity index (χ1n) is 11.0. The van der Waals surface area contributed by atoms with Crippen molar-refractivity contribution in [3.63, 3.8) is 0 Å². The van der Waals surface area contributed by atoms with Crippen LogP contribution in [0.1, 0.15) is 38.1 Å². The van der Waals surface area contributed by atoms with Crippen LogP contribution in [0, 0.1) is 22.7 Å². The molecule has 5 rings (SSSR count).